The number of nitro benzene ring substituents is 1. The third kappa shape index (κ3) is 2.33. The molecule has 0 aliphatic heterocycles. The monoisotopic (exact) mass is 227 g/mol. The zero-order valence-corrected chi connectivity index (χ0v) is 8.51. The van der Waals surface area contributed by atoms with E-state index in [1.165, 1.54) is 0 Å². The summed E-state index contributed by atoms with van der Waals surface area (Å²) in [6.07, 6.45) is 0.746. The molecule has 1 unspecified atom stereocenters. The fraction of sp³-hybridized carbons (Fsp3) is 0.300. The second-order valence-corrected chi connectivity index (χ2v) is 3.42. The minimum atomic E-state index is -1.09. The number of aromatic hydroxyl groups is 1. The van der Waals surface area contributed by atoms with Crippen LogP contribution in [0.1, 0.15) is 24.8 Å². The van der Waals surface area contributed by atoms with E-state index in [0.29, 0.717) is 12.4 Å². The molecule has 0 saturated carbocycles. The predicted molar refractivity (Wildman–Crippen MR) is 53.8 cm³/mol. The Kier molecular flexibility index (Phi) is 3.55. The Morgan fingerprint density at radius 3 is 2.75 bits per heavy atom. The van der Waals surface area contributed by atoms with Gasteiger partial charge in [-0.1, -0.05) is 6.92 Å². The van der Waals surface area contributed by atoms with Crippen molar-refractivity contribution in [1.82, 2.24) is 0 Å². The summed E-state index contributed by atoms with van der Waals surface area (Å²) in [5.41, 5.74) is -0.509. The maximum atomic E-state index is 13.1. The molecule has 0 spiro atoms. The minimum Gasteiger partial charge on any atom is -0.508 e. The number of benzene rings is 1. The largest absolute Gasteiger partial charge is 0.508 e. The van der Waals surface area contributed by atoms with Crippen LogP contribution in [0.15, 0.2) is 12.1 Å². The Morgan fingerprint density at radius 2 is 2.25 bits per heavy atom. The lowest BCUT2D eigenvalue weighted by Crippen LogP contribution is -1.99. The molecule has 86 valence electrons. The highest BCUT2D eigenvalue weighted by Crippen LogP contribution is 2.32. The lowest BCUT2D eigenvalue weighted by atomic mass is 9.97. The molecule has 0 fully saturated rings. The van der Waals surface area contributed by atoms with Crippen molar-refractivity contribution in [2.75, 3.05) is 0 Å². The van der Waals surface area contributed by atoms with Crippen LogP contribution >= 0.6 is 0 Å². The quantitative estimate of drug-likeness (QED) is 0.485. The molecule has 1 N–H and O–H groups in total. The number of nitrogens with zero attached hydrogens (tertiary/aromatic N) is 1. The standard InChI is InChI=1S/C10H10FNO4/c1-6(2-3-13)7-4-9(12(15)16)8(11)5-10(7)14/h3-6,14H,2H2,1H3. The molecular weight excluding hydrogens is 217 g/mol. The van der Waals surface area contributed by atoms with Gasteiger partial charge in [-0.3, -0.25) is 10.1 Å². The van der Waals surface area contributed by atoms with E-state index in [1.54, 1.807) is 6.92 Å². The SMILES string of the molecule is CC(CC=O)c1cc([N+](=O)[O-])c(F)cc1O. The molecule has 16 heavy (non-hydrogen) atoms. The summed E-state index contributed by atoms with van der Waals surface area (Å²) in [6.45, 7) is 1.62. The number of hydrogen-bond donors (Lipinski definition) is 1. The maximum absolute atomic E-state index is 13.1. The topological polar surface area (TPSA) is 80.4 Å². The average Bonchev–Trinajstić information content (AvgIpc) is 2.17. The Labute approximate surface area is 90.7 Å². The third-order valence-electron chi connectivity index (χ3n) is 2.27. The lowest BCUT2D eigenvalue weighted by Gasteiger charge is -2.10. The highest BCUT2D eigenvalue weighted by molar-refractivity contribution is 5.54. The Bertz CT molecular complexity index is 433. The van der Waals surface area contributed by atoms with Gasteiger partial charge in [0.15, 0.2) is 0 Å². The molecule has 6 heteroatoms. The van der Waals surface area contributed by atoms with E-state index >= 15 is 0 Å². The Balaban J connectivity index is 3.24. The van der Waals surface area contributed by atoms with Crippen molar-refractivity contribution >= 4 is 12.0 Å². The fourth-order valence-electron chi connectivity index (χ4n) is 1.37. The smallest absolute Gasteiger partial charge is 0.305 e. The van der Waals surface area contributed by atoms with Gasteiger partial charge in [-0.05, 0) is 5.92 Å². The number of carbonyl (C=O) groups is 1. The van der Waals surface area contributed by atoms with Gasteiger partial charge in [0.2, 0.25) is 5.82 Å². The van der Waals surface area contributed by atoms with Crippen LogP contribution in [0, 0.1) is 15.9 Å². The van der Waals surface area contributed by atoms with Crippen molar-refractivity contribution in [3.8, 4) is 5.75 Å². The van der Waals surface area contributed by atoms with E-state index in [1.807, 2.05) is 0 Å². The number of rotatable bonds is 4. The van der Waals surface area contributed by atoms with Gasteiger partial charge >= 0.3 is 5.69 Å². The van der Waals surface area contributed by atoms with Crippen molar-refractivity contribution in [1.29, 1.82) is 0 Å². The normalized spacial score (nSPS) is 12.1. The summed E-state index contributed by atoms with van der Waals surface area (Å²) in [7, 11) is 0. The number of carbonyl (C=O) groups excluding carboxylic acids is 1. The molecule has 0 amide bonds. The number of phenols is 1. The summed E-state index contributed by atoms with van der Waals surface area (Å²) in [4.78, 5) is 19.9. The molecule has 0 bridgehead atoms. The molecule has 0 aromatic heterocycles. The number of phenolic OH excluding ortho intramolecular Hbond substituents is 1. The molecule has 1 aromatic rings. The average molecular weight is 227 g/mol. The van der Waals surface area contributed by atoms with Gasteiger partial charge in [0.25, 0.3) is 0 Å². The first kappa shape index (κ1) is 12.1. The Hall–Kier alpha value is -1.98. The first-order valence-corrected chi connectivity index (χ1v) is 4.57. The second kappa shape index (κ2) is 4.69. The molecule has 1 atom stereocenters. The van der Waals surface area contributed by atoms with Crippen LogP contribution in [0.2, 0.25) is 0 Å². The molecule has 1 rings (SSSR count). The zero-order chi connectivity index (χ0) is 12.3. The first-order chi connectivity index (χ1) is 7.47. The van der Waals surface area contributed by atoms with Crippen LogP contribution in [0.4, 0.5) is 10.1 Å². The zero-order valence-electron chi connectivity index (χ0n) is 8.51. The van der Waals surface area contributed by atoms with Gasteiger partial charge in [0.1, 0.15) is 12.0 Å². The van der Waals surface area contributed by atoms with E-state index in [4.69, 9.17) is 0 Å². The van der Waals surface area contributed by atoms with E-state index in [2.05, 4.69) is 0 Å². The minimum absolute atomic E-state index is 0.107. The van der Waals surface area contributed by atoms with Gasteiger partial charge < -0.3 is 9.90 Å². The number of nitro groups is 1. The van der Waals surface area contributed by atoms with E-state index in [9.17, 15) is 24.4 Å². The fourth-order valence-corrected chi connectivity index (χ4v) is 1.37. The number of halogens is 1. The molecular formula is C10H10FNO4. The van der Waals surface area contributed by atoms with Crippen LogP contribution in [-0.2, 0) is 4.79 Å². The highest BCUT2D eigenvalue weighted by Gasteiger charge is 2.20. The summed E-state index contributed by atoms with van der Waals surface area (Å²) in [5.74, 6) is -1.86. The maximum Gasteiger partial charge on any atom is 0.305 e. The first-order valence-electron chi connectivity index (χ1n) is 4.57. The van der Waals surface area contributed by atoms with E-state index in [-0.39, 0.29) is 17.7 Å². The number of aldehydes is 1. The van der Waals surface area contributed by atoms with E-state index in [0.717, 1.165) is 6.07 Å². The van der Waals surface area contributed by atoms with Crippen molar-refractivity contribution in [2.24, 2.45) is 0 Å². The van der Waals surface area contributed by atoms with Crippen LogP contribution in [0.25, 0.3) is 0 Å². The van der Waals surface area contributed by atoms with Gasteiger partial charge in [-0.25, -0.2) is 0 Å². The lowest BCUT2D eigenvalue weighted by molar-refractivity contribution is -0.387. The molecule has 5 nitrogen and oxygen atoms in total. The van der Waals surface area contributed by atoms with Crippen molar-refractivity contribution in [2.45, 2.75) is 19.3 Å². The Morgan fingerprint density at radius 1 is 1.62 bits per heavy atom. The van der Waals surface area contributed by atoms with Gasteiger partial charge in [-0.15, -0.1) is 0 Å². The molecule has 1 aromatic carbocycles. The van der Waals surface area contributed by atoms with Crippen molar-refractivity contribution in [3.63, 3.8) is 0 Å². The van der Waals surface area contributed by atoms with Crippen LogP contribution < -0.4 is 0 Å². The molecule has 0 aliphatic rings. The van der Waals surface area contributed by atoms with Gasteiger partial charge in [0, 0.05) is 24.1 Å². The summed E-state index contributed by atoms with van der Waals surface area (Å²) >= 11 is 0. The van der Waals surface area contributed by atoms with Gasteiger partial charge in [0.05, 0.1) is 4.92 Å². The molecule has 0 aliphatic carbocycles. The molecule has 0 saturated heterocycles. The second-order valence-electron chi connectivity index (χ2n) is 3.42. The summed E-state index contributed by atoms with van der Waals surface area (Å²) in [6, 6.07) is 1.65. The van der Waals surface area contributed by atoms with Crippen LogP contribution in [0.3, 0.4) is 0 Å². The van der Waals surface area contributed by atoms with Crippen molar-refractivity contribution < 1.29 is 19.2 Å². The number of hydrogen-bond acceptors (Lipinski definition) is 4. The van der Waals surface area contributed by atoms with Crippen LogP contribution in [-0.4, -0.2) is 16.3 Å². The summed E-state index contributed by atoms with van der Waals surface area (Å²) in [5, 5.41) is 19.9. The van der Waals surface area contributed by atoms with Crippen LogP contribution in [0.5, 0.6) is 5.75 Å². The molecule has 0 radical (unpaired) electrons. The predicted octanol–water partition coefficient (Wildman–Crippen LogP) is 2.13. The molecule has 0 heterocycles. The third-order valence-corrected chi connectivity index (χ3v) is 2.27. The summed E-state index contributed by atoms with van der Waals surface area (Å²) < 4.78 is 13.1. The van der Waals surface area contributed by atoms with E-state index < -0.39 is 22.3 Å². The van der Waals surface area contributed by atoms with Gasteiger partial charge in [-0.2, -0.15) is 4.39 Å². The van der Waals surface area contributed by atoms with Crippen molar-refractivity contribution in [3.05, 3.63) is 33.6 Å². The highest BCUT2D eigenvalue weighted by atomic mass is 19.1.